The van der Waals surface area contributed by atoms with E-state index >= 15 is 0 Å². The maximum Gasteiger partial charge on any atom is 0.348 e. The zero-order valence-electron chi connectivity index (χ0n) is 19.1. The fraction of sp³-hybridized carbons (Fsp3) is 0.462. The van der Waals surface area contributed by atoms with Gasteiger partial charge in [0.25, 0.3) is 5.82 Å². The molecule has 0 radical (unpaired) electrons. The van der Waals surface area contributed by atoms with Gasteiger partial charge in [-0.1, -0.05) is 62.5 Å². The number of para-hydroxylation sites is 2. The normalized spacial score (nSPS) is 21.3. The molecule has 0 bridgehead atoms. The first-order valence-corrected chi connectivity index (χ1v) is 12.1. The van der Waals surface area contributed by atoms with Gasteiger partial charge >= 0.3 is 5.97 Å². The second-order valence-corrected chi connectivity index (χ2v) is 10.3. The van der Waals surface area contributed by atoms with Crippen molar-refractivity contribution in [2.45, 2.75) is 52.7 Å². The fourth-order valence-electron chi connectivity index (χ4n) is 5.12. The van der Waals surface area contributed by atoms with Crippen molar-refractivity contribution in [1.82, 2.24) is 4.57 Å². The predicted octanol–water partition coefficient (Wildman–Crippen LogP) is 6.44. The van der Waals surface area contributed by atoms with Crippen molar-refractivity contribution < 1.29 is 14.1 Å². The minimum atomic E-state index is -0.197. The van der Waals surface area contributed by atoms with E-state index in [1.54, 1.807) is 6.07 Å². The monoisotopic (exact) mass is 473 g/mol. The third-order valence-corrected chi connectivity index (χ3v) is 7.56. The van der Waals surface area contributed by atoms with Gasteiger partial charge in [-0.25, -0.2) is 13.9 Å². The highest BCUT2D eigenvalue weighted by molar-refractivity contribution is 6.42. The van der Waals surface area contributed by atoms with Crippen molar-refractivity contribution in [3.63, 3.8) is 0 Å². The van der Waals surface area contributed by atoms with Crippen molar-refractivity contribution in [2.75, 3.05) is 0 Å². The van der Waals surface area contributed by atoms with E-state index in [-0.39, 0.29) is 18.6 Å². The molecule has 0 N–H and O–H groups in total. The largest absolute Gasteiger partial charge is 0.459 e. The van der Waals surface area contributed by atoms with E-state index in [0.717, 1.165) is 35.3 Å². The third-order valence-electron chi connectivity index (χ3n) is 6.82. The van der Waals surface area contributed by atoms with Crippen molar-refractivity contribution in [3.05, 3.63) is 52.5 Å². The van der Waals surface area contributed by atoms with Crippen LogP contribution in [0.1, 0.15) is 40.0 Å². The molecule has 32 heavy (non-hydrogen) atoms. The number of carbonyl (C=O) groups excluding carboxylic acids is 1. The Balaban J connectivity index is 1.69. The molecule has 1 fully saturated rings. The van der Waals surface area contributed by atoms with Crippen LogP contribution < -0.4 is 4.57 Å². The number of aryl methyl sites for hydroxylation is 1. The van der Waals surface area contributed by atoms with Crippen LogP contribution in [0.2, 0.25) is 10.0 Å². The maximum absolute atomic E-state index is 13.2. The molecular weight excluding hydrogens is 443 g/mol. The number of halogens is 2. The van der Waals surface area contributed by atoms with Crippen LogP contribution in [0.5, 0.6) is 0 Å². The molecule has 4 nitrogen and oxygen atoms in total. The Bertz CT molecular complexity index is 1140. The van der Waals surface area contributed by atoms with E-state index < -0.39 is 0 Å². The summed E-state index contributed by atoms with van der Waals surface area (Å²) < 4.78 is 10.2. The first-order chi connectivity index (χ1) is 15.3. The molecule has 4 rings (SSSR count). The van der Waals surface area contributed by atoms with E-state index in [1.807, 2.05) is 41.9 Å². The van der Waals surface area contributed by atoms with Crippen LogP contribution in [0.15, 0.2) is 42.5 Å². The average Bonchev–Trinajstić information content (AvgIpc) is 3.02. The number of fused-ring (bicyclic) bond motifs is 1. The van der Waals surface area contributed by atoms with E-state index in [2.05, 4.69) is 31.4 Å². The molecule has 1 saturated carbocycles. The van der Waals surface area contributed by atoms with Gasteiger partial charge in [0, 0.05) is 0 Å². The Morgan fingerprint density at radius 3 is 2.62 bits per heavy atom. The molecule has 1 heterocycles. The molecule has 1 unspecified atom stereocenters. The van der Waals surface area contributed by atoms with E-state index in [0.29, 0.717) is 27.8 Å². The van der Waals surface area contributed by atoms with Gasteiger partial charge in [0.15, 0.2) is 17.6 Å². The van der Waals surface area contributed by atoms with Crippen LogP contribution in [0.4, 0.5) is 0 Å². The lowest BCUT2D eigenvalue weighted by molar-refractivity contribution is -0.634. The molecule has 3 atom stereocenters. The lowest BCUT2D eigenvalue weighted by Gasteiger charge is -2.36. The number of carbonyl (C=O) groups is 1. The van der Waals surface area contributed by atoms with Crippen molar-refractivity contribution in [2.24, 2.45) is 24.8 Å². The number of esters is 1. The standard InChI is InChI=1S/C26H31Cl2N2O2/c1-16(2)19-11-9-17(3)13-24(19)32-25(31)15-30-23-8-6-5-7-22(23)29(4)26(30)18-10-12-20(27)21(28)14-18/h5-8,10,12,14,16-17,19,24H,9,11,13,15H2,1-4H3/q+1/t17-,19?,24-/m1/s1. The van der Waals surface area contributed by atoms with Crippen LogP contribution in [-0.4, -0.2) is 16.6 Å². The summed E-state index contributed by atoms with van der Waals surface area (Å²) in [6, 6.07) is 13.6. The van der Waals surface area contributed by atoms with Crippen LogP contribution >= 0.6 is 23.2 Å². The van der Waals surface area contributed by atoms with Crippen LogP contribution in [-0.2, 0) is 23.1 Å². The predicted molar refractivity (Wildman–Crippen MR) is 130 cm³/mol. The molecule has 1 aromatic heterocycles. The van der Waals surface area contributed by atoms with Gasteiger partial charge in [0.1, 0.15) is 6.10 Å². The number of nitrogens with zero attached hydrogens (tertiary/aromatic N) is 2. The number of aromatic nitrogens is 2. The number of imidazole rings is 1. The summed E-state index contributed by atoms with van der Waals surface area (Å²) in [5.41, 5.74) is 2.91. The second-order valence-electron chi connectivity index (χ2n) is 9.44. The van der Waals surface area contributed by atoms with E-state index in [1.165, 1.54) is 6.42 Å². The Labute approximate surface area is 200 Å². The summed E-state index contributed by atoms with van der Waals surface area (Å²) in [4.78, 5) is 13.2. The van der Waals surface area contributed by atoms with Crippen LogP contribution in [0, 0.1) is 17.8 Å². The highest BCUT2D eigenvalue weighted by Crippen LogP contribution is 2.36. The van der Waals surface area contributed by atoms with E-state index in [4.69, 9.17) is 27.9 Å². The zero-order valence-corrected chi connectivity index (χ0v) is 20.7. The van der Waals surface area contributed by atoms with Crippen molar-refractivity contribution >= 4 is 40.2 Å². The van der Waals surface area contributed by atoms with Gasteiger partial charge < -0.3 is 4.74 Å². The Hall–Kier alpha value is -2.04. The molecule has 0 saturated heterocycles. The number of benzene rings is 2. The van der Waals surface area contributed by atoms with Crippen molar-refractivity contribution in [3.8, 4) is 11.4 Å². The topological polar surface area (TPSA) is 35.1 Å². The Morgan fingerprint density at radius 2 is 1.91 bits per heavy atom. The van der Waals surface area contributed by atoms with Gasteiger partial charge in [0.2, 0.25) is 0 Å². The number of rotatable bonds is 5. The van der Waals surface area contributed by atoms with Crippen LogP contribution in [0.3, 0.4) is 0 Å². The van der Waals surface area contributed by atoms with Gasteiger partial charge in [-0.3, -0.25) is 0 Å². The molecule has 2 aromatic carbocycles. The van der Waals surface area contributed by atoms with E-state index in [9.17, 15) is 4.79 Å². The van der Waals surface area contributed by atoms with Gasteiger partial charge in [0.05, 0.1) is 22.7 Å². The second kappa shape index (κ2) is 9.44. The smallest absolute Gasteiger partial charge is 0.348 e. The summed E-state index contributed by atoms with van der Waals surface area (Å²) in [5.74, 6) is 2.19. The molecular formula is C26H31Cl2N2O2+. The van der Waals surface area contributed by atoms with Gasteiger partial charge in [-0.15, -0.1) is 0 Å². The molecule has 0 spiro atoms. The maximum atomic E-state index is 13.2. The number of ether oxygens (including phenoxy) is 1. The molecule has 3 aromatic rings. The lowest BCUT2D eigenvalue weighted by Crippen LogP contribution is -2.37. The first kappa shape index (κ1) is 23.1. The Morgan fingerprint density at radius 1 is 1.16 bits per heavy atom. The molecule has 1 aliphatic carbocycles. The summed E-state index contributed by atoms with van der Waals surface area (Å²) in [7, 11) is 2.00. The summed E-state index contributed by atoms with van der Waals surface area (Å²) >= 11 is 12.5. The van der Waals surface area contributed by atoms with Gasteiger partial charge in [-0.05, 0) is 60.9 Å². The third kappa shape index (κ3) is 4.53. The number of hydrogen-bond acceptors (Lipinski definition) is 2. The van der Waals surface area contributed by atoms with Gasteiger partial charge in [-0.2, -0.15) is 0 Å². The molecule has 1 aliphatic rings. The fourth-order valence-corrected chi connectivity index (χ4v) is 5.41. The average molecular weight is 474 g/mol. The molecule has 0 aliphatic heterocycles. The minimum Gasteiger partial charge on any atom is -0.459 e. The molecule has 0 amide bonds. The summed E-state index contributed by atoms with van der Waals surface area (Å²) in [6.45, 7) is 6.85. The van der Waals surface area contributed by atoms with Crippen molar-refractivity contribution in [1.29, 1.82) is 0 Å². The number of hydrogen-bond donors (Lipinski definition) is 0. The minimum absolute atomic E-state index is 0.0183. The SMILES string of the molecule is CC(C)C1CC[C@@H](C)C[C@H]1OC(=O)Cn1c(-c2ccc(Cl)c(Cl)c2)[n+](C)c2ccccc21. The zero-order chi connectivity index (χ0) is 23.0. The quantitative estimate of drug-likeness (QED) is 0.315. The molecule has 6 heteroatoms. The first-order valence-electron chi connectivity index (χ1n) is 11.4. The summed E-state index contributed by atoms with van der Waals surface area (Å²) in [6.07, 6.45) is 3.24. The van der Waals surface area contributed by atoms with Crippen LogP contribution in [0.25, 0.3) is 22.4 Å². The lowest BCUT2D eigenvalue weighted by atomic mass is 9.75. The molecule has 170 valence electrons. The highest BCUT2D eigenvalue weighted by Gasteiger charge is 2.34. The Kier molecular flexibility index (Phi) is 6.83. The highest BCUT2D eigenvalue weighted by atomic mass is 35.5. The summed E-state index contributed by atoms with van der Waals surface area (Å²) in [5, 5.41) is 0.991.